The van der Waals surface area contributed by atoms with Crippen molar-refractivity contribution < 1.29 is 18.0 Å². The van der Waals surface area contributed by atoms with Crippen LogP contribution >= 0.6 is 11.3 Å². The molecule has 2 aromatic carbocycles. The third-order valence-electron chi connectivity index (χ3n) is 5.36. The number of halogens is 3. The lowest BCUT2D eigenvalue weighted by atomic mass is 10.1. The Labute approximate surface area is 207 Å². The molecule has 0 aliphatic heterocycles. The number of nitrogens with one attached hydrogen (secondary N) is 2. The molecule has 0 radical (unpaired) electrons. The molecule has 3 heterocycles. The Morgan fingerprint density at radius 3 is 2.58 bits per heavy atom. The Morgan fingerprint density at radius 2 is 1.86 bits per heavy atom. The predicted molar refractivity (Wildman–Crippen MR) is 133 cm³/mol. The van der Waals surface area contributed by atoms with E-state index in [0.717, 1.165) is 38.5 Å². The van der Waals surface area contributed by atoms with Crippen LogP contribution in [0.15, 0.2) is 73.3 Å². The predicted octanol–water partition coefficient (Wildman–Crippen LogP) is 6.04. The fraction of sp³-hybridized carbons (Fsp3) is 0.120. The largest absolute Gasteiger partial charge is 0.416 e. The highest BCUT2D eigenvalue weighted by atomic mass is 32.1. The number of aryl methyl sites for hydroxylation is 1. The van der Waals surface area contributed by atoms with E-state index in [9.17, 15) is 18.0 Å². The summed E-state index contributed by atoms with van der Waals surface area (Å²) in [5.74, 6) is 0.254. The number of nitrogens with zero attached hydrogens (tertiary/aromatic N) is 4. The van der Waals surface area contributed by atoms with E-state index in [1.54, 1.807) is 34.3 Å². The highest BCUT2D eigenvalue weighted by Gasteiger charge is 2.30. The maximum Gasteiger partial charge on any atom is 0.416 e. The van der Waals surface area contributed by atoms with Crippen LogP contribution in [0, 0.1) is 0 Å². The fourth-order valence-electron chi connectivity index (χ4n) is 3.64. The first-order valence-electron chi connectivity index (χ1n) is 10.8. The van der Waals surface area contributed by atoms with Gasteiger partial charge in [0.15, 0.2) is 5.82 Å². The van der Waals surface area contributed by atoms with Gasteiger partial charge in [-0.1, -0.05) is 18.2 Å². The van der Waals surface area contributed by atoms with Gasteiger partial charge in [0.2, 0.25) is 5.91 Å². The Bertz CT molecular complexity index is 1540. The number of alkyl halides is 3. The lowest BCUT2D eigenvalue weighted by Gasteiger charge is -2.10. The second-order valence-corrected chi connectivity index (χ2v) is 9.13. The van der Waals surface area contributed by atoms with Crippen molar-refractivity contribution in [3.8, 4) is 10.4 Å². The van der Waals surface area contributed by atoms with Gasteiger partial charge < -0.3 is 10.6 Å². The molecule has 0 aliphatic rings. The van der Waals surface area contributed by atoms with Crippen LogP contribution in [0.1, 0.15) is 11.1 Å². The Hall–Kier alpha value is -4.25. The molecular formula is C25H19F3N6OS. The van der Waals surface area contributed by atoms with Crippen molar-refractivity contribution in [2.75, 3.05) is 10.6 Å². The van der Waals surface area contributed by atoms with Crippen LogP contribution in [-0.2, 0) is 24.4 Å². The minimum atomic E-state index is -4.47. The average Bonchev–Trinajstić information content (AvgIpc) is 3.47. The summed E-state index contributed by atoms with van der Waals surface area (Å²) in [6.45, 7) is 0. The second-order valence-electron chi connectivity index (χ2n) is 8.08. The van der Waals surface area contributed by atoms with Crippen LogP contribution in [0.2, 0.25) is 0 Å². The van der Waals surface area contributed by atoms with Crippen molar-refractivity contribution in [2.24, 2.45) is 7.05 Å². The lowest BCUT2D eigenvalue weighted by Crippen LogP contribution is -2.15. The lowest BCUT2D eigenvalue weighted by molar-refractivity contribution is -0.137. The van der Waals surface area contributed by atoms with E-state index in [1.807, 2.05) is 31.4 Å². The summed E-state index contributed by atoms with van der Waals surface area (Å²) < 4.78 is 41.3. The van der Waals surface area contributed by atoms with Crippen LogP contribution in [0.3, 0.4) is 0 Å². The van der Waals surface area contributed by atoms with Crippen molar-refractivity contribution in [1.29, 1.82) is 0 Å². The fourth-order valence-corrected chi connectivity index (χ4v) is 4.67. The van der Waals surface area contributed by atoms with Crippen molar-refractivity contribution in [3.63, 3.8) is 0 Å². The first-order chi connectivity index (χ1) is 17.2. The molecule has 5 rings (SSSR count). The van der Waals surface area contributed by atoms with Gasteiger partial charge in [0.05, 0.1) is 28.4 Å². The summed E-state index contributed by atoms with van der Waals surface area (Å²) in [6, 6.07) is 13.7. The van der Waals surface area contributed by atoms with E-state index in [2.05, 4.69) is 25.7 Å². The number of benzene rings is 2. The average molecular weight is 509 g/mol. The number of carbonyl (C=O) groups is 1. The number of rotatable bonds is 6. The van der Waals surface area contributed by atoms with E-state index in [-0.39, 0.29) is 12.1 Å². The van der Waals surface area contributed by atoms with Gasteiger partial charge in [0, 0.05) is 35.1 Å². The molecule has 0 bridgehead atoms. The molecule has 5 aromatic rings. The molecule has 11 heteroatoms. The van der Waals surface area contributed by atoms with Crippen molar-refractivity contribution in [1.82, 2.24) is 19.7 Å². The highest BCUT2D eigenvalue weighted by molar-refractivity contribution is 7.22. The zero-order valence-electron chi connectivity index (χ0n) is 18.9. The van der Waals surface area contributed by atoms with Gasteiger partial charge in [-0.25, -0.2) is 9.97 Å². The van der Waals surface area contributed by atoms with Gasteiger partial charge in [0.25, 0.3) is 0 Å². The third kappa shape index (κ3) is 5.20. The number of carbonyl (C=O) groups excluding carboxylic acids is 1. The van der Waals surface area contributed by atoms with Crippen LogP contribution in [0.25, 0.3) is 20.7 Å². The monoisotopic (exact) mass is 508 g/mol. The number of aromatic nitrogens is 4. The molecule has 0 unspecified atom stereocenters. The quantitative estimate of drug-likeness (QED) is 0.292. The number of hydrogen-bond acceptors (Lipinski definition) is 6. The van der Waals surface area contributed by atoms with Crippen molar-refractivity contribution in [2.45, 2.75) is 12.6 Å². The number of thiophene rings is 1. The van der Waals surface area contributed by atoms with Crippen LogP contribution in [0.5, 0.6) is 0 Å². The highest BCUT2D eigenvalue weighted by Crippen LogP contribution is 2.36. The van der Waals surface area contributed by atoms with E-state index in [4.69, 9.17) is 0 Å². The van der Waals surface area contributed by atoms with Gasteiger partial charge in [-0.05, 0) is 42.0 Å². The summed E-state index contributed by atoms with van der Waals surface area (Å²) in [4.78, 5) is 22.1. The summed E-state index contributed by atoms with van der Waals surface area (Å²) in [5, 5.41) is 10.0. The summed E-state index contributed by atoms with van der Waals surface area (Å²) >= 11 is 1.56. The summed E-state index contributed by atoms with van der Waals surface area (Å²) in [6.07, 6.45) is 0.785. The molecule has 0 fully saturated rings. The maximum absolute atomic E-state index is 12.9. The van der Waals surface area contributed by atoms with Crippen LogP contribution < -0.4 is 10.6 Å². The molecule has 0 spiro atoms. The molecule has 0 saturated heterocycles. The summed E-state index contributed by atoms with van der Waals surface area (Å²) in [7, 11) is 1.86. The molecule has 2 N–H and O–H groups in total. The van der Waals surface area contributed by atoms with Crippen LogP contribution in [-0.4, -0.2) is 25.7 Å². The first-order valence-corrected chi connectivity index (χ1v) is 11.6. The van der Waals surface area contributed by atoms with E-state index >= 15 is 0 Å². The SMILES string of the molecule is Cn1cc(-c2cc3ncnc(Nc4ccc(CC(=O)Nc5cccc(C(F)(F)F)c5)cc4)c3s2)cn1. The normalized spacial score (nSPS) is 11.6. The molecule has 0 aliphatic carbocycles. The Morgan fingerprint density at radius 1 is 1.06 bits per heavy atom. The molecule has 7 nitrogen and oxygen atoms in total. The van der Waals surface area contributed by atoms with Crippen molar-refractivity contribution in [3.05, 3.63) is 84.4 Å². The molecule has 0 saturated carbocycles. The Balaban J connectivity index is 1.26. The second kappa shape index (κ2) is 9.42. The molecule has 1 amide bonds. The number of fused-ring (bicyclic) bond motifs is 1. The minimum Gasteiger partial charge on any atom is -0.339 e. The van der Waals surface area contributed by atoms with Gasteiger partial charge in [-0.3, -0.25) is 9.48 Å². The molecular weight excluding hydrogens is 489 g/mol. The Kier molecular flexibility index (Phi) is 6.15. The molecule has 0 atom stereocenters. The zero-order chi connectivity index (χ0) is 25.3. The number of anilines is 3. The van der Waals surface area contributed by atoms with E-state index < -0.39 is 17.6 Å². The zero-order valence-corrected chi connectivity index (χ0v) is 19.7. The summed E-state index contributed by atoms with van der Waals surface area (Å²) in [5.41, 5.74) is 2.59. The van der Waals surface area contributed by atoms with E-state index in [1.165, 1.54) is 18.5 Å². The standard InChI is InChI=1S/C25H19F3N6OS/c1-34-13-16(12-31-34)21-11-20-23(36-21)24(30-14-29-20)33-18-7-5-15(6-8-18)9-22(35)32-19-4-2-3-17(10-19)25(26,27)28/h2-8,10-14H,9H2,1H3,(H,32,35)(H,29,30,33). The molecule has 36 heavy (non-hydrogen) atoms. The van der Waals surface area contributed by atoms with Crippen LogP contribution in [0.4, 0.5) is 30.4 Å². The number of amides is 1. The molecule has 3 aromatic heterocycles. The van der Waals surface area contributed by atoms with Gasteiger partial charge in [0.1, 0.15) is 6.33 Å². The van der Waals surface area contributed by atoms with Gasteiger partial charge in [-0.15, -0.1) is 11.3 Å². The molecule has 182 valence electrons. The van der Waals surface area contributed by atoms with Crippen molar-refractivity contribution >= 4 is 44.7 Å². The minimum absolute atomic E-state index is 0.0215. The first kappa shape index (κ1) is 23.5. The smallest absolute Gasteiger partial charge is 0.339 e. The number of hydrogen-bond donors (Lipinski definition) is 2. The van der Waals surface area contributed by atoms with E-state index in [0.29, 0.717) is 11.4 Å². The third-order valence-corrected chi connectivity index (χ3v) is 6.54. The van der Waals surface area contributed by atoms with Gasteiger partial charge >= 0.3 is 6.18 Å². The maximum atomic E-state index is 12.9. The van der Waals surface area contributed by atoms with Gasteiger partial charge in [-0.2, -0.15) is 18.3 Å². The topological polar surface area (TPSA) is 84.7 Å².